The van der Waals surface area contributed by atoms with E-state index in [2.05, 4.69) is 9.97 Å². The highest BCUT2D eigenvalue weighted by Crippen LogP contribution is 2.51. The number of aromatic nitrogens is 4. The minimum atomic E-state index is -0.0413. The Hall–Kier alpha value is -4.82. The zero-order valence-electron chi connectivity index (χ0n) is 17.4. The summed E-state index contributed by atoms with van der Waals surface area (Å²) in [6, 6.07) is 23.2. The van der Waals surface area contributed by atoms with Gasteiger partial charge in [-0.2, -0.15) is 10.5 Å². The number of rotatable bonds is 2. The van der Waals surface area contributed by atoms with Crippen molar-refractivity contribution in [2.75, 3.05) is 9.80 Å². The highest BCUT2D eigenvalue weighted by atomic mass is 15.4. The molecule has 0 fully saturated rings. The summed E-state index contributed by atoms with van der Waals surface area (Å²) in [5, 5.41) is 19.2. The van der Waals surface area contributed by atoms with Crippen LogP contribution in [0.15, 0.2) is 60.7 Å². The van der Waals surface area contributed by atoms with E-state index in [0.717, 1.165) is 22.8 Å². The summed E-state index contributed by atoms with van der Waals surface area (Å²) >= 11 is 0. The van der Waals surface area contributed by atoms with Crippen molar-refractivity contribution in [1.29, 1.82) is 10.5 Å². The molecule has 0 unspecified atom stereocenters. The fourth-order valence-corrected chi connectivity index (χ4v) is 3.60. The first kappa shape index (κ1) is 19.2. The standard InChI is InChI=1S/C24H16N8/c1-15-16(2)28-22-21(27-15)31(17-9-5-3-6-10-17)23-24(30-20(14-26)19(13-25)29-23)32(22)18-11-7-4-8-12-18/h3-12H,1-2H3. The van der Waals surface area contributed by atoms with Crippen molar-refractivity contribution in [3.8, 4) is 12.1 Å². The molecule has 0 saturated carbocycles. The molecule has 1 aliphatic rings. The lowest BCUT2D eigenvalue weighted by molar-refractivity contribution is 0.943. The molecule has 2 aromatic carbocycles. The van der Waals surface area contributed by atoms with Crippen LogP contribution in [0, 0.1) is 36.5 Å². The zero-order valence-corrected chi connectivity index (χ0v) is 17.4. The van der Waals surface area contributed by atoms with Crippen molar-refractivity contribution >= 4 is 34.6 Å². The van der Waals surface area contributed by atoms with Crippen LogP contribution in [0.1, 0.15) is 22.8 Å². The highest BCUT2D eigenvalue weighted by Gasteiger charge is 2.37. The zero-order chi connectivity index (χ0) is 22.2. The van der Waals surface area contributed by atoms with E-state index >= 15 is 0 Å². The summed E-state index contributed by atoms with van der Waals surface area (Å²) in [5.74, 6) is 1.94. The number of anilines is 6. The molecule has 32 heavy (non-hydrogen) atoms. The fourth-order valence-electron chi connectivity index (χ4n) is 3.60. The SMILES string of the molecule is Cc1nc2c(nc1C)N(c1ccccc1)c1nc(C#N)c(C#N)nc1N2c1ccccc1. The maximum absolute atomic E-state index is 9.60. The minimum absolute atomic E-state index is 0.0413. The van der Waals surface area contributed by atoms with Crippen LogP contribution < -0.4 is 9.80 Å². The number of fused-ring (bicyclic) bond motifs is 2. The Kier molecular flexibility index (Phi) is 4.47. The molecule has 3 heterocycles. The third kappa shape index (κ3) is 2.91. The van der Waals surface area contributed by atoms with Crippen molar-refractivity contribution in [3.05, 3.63) is 83.4 Å². The normalized spacial score (nSPS) is 11.9. The maximum atomic E-state index is 9.60. The molecule has 0 amide bonds. The third-order valence-electron chi connectivity index (χ3n) is 5.22. The summed E-state index contributed by atoms with van der Waals surface area (Å²) in [4.78, 5) is 22.5. The molecule has 4 aromatic rings. The lowest BCUT2D eigenvalue weighted by Crippen LogP contribution is -2.29. The molecule has 0 spiro atoms. The predicted molar refractivity (Wildman–Crippen MR) is 119 cm³/mol. The first-order valence-electron chi connectivity index (χ1n) is 9.90. The smallest absolute Gasteiger partial charge is 0.184 e. The molecule has 0 N–H and O–H groups in total. The largest absolute Gasteiger partial charge is 0.273 e. The molecule has 1 aliphatic heterocycles. The second-order valence-corrected chi connectivity index (χ2v) is 7.18. The summed E-state index contributed by atoms with van der Waals surface area (Å²) in [7, 11) is 0. The van der Waals surface area contributed by atoms with Crippen LogP contribution in [0.5, 0.6) is 0 Å². The van der Waals surface area contributed by atoms with Gasteiger partial charge in [0, 0.05) is 11.4 Å². The Labute approximate surface area is 184 Å². The Balaban J connectivity index is 1.91. The van der Waals surface area contributed by atoms with E-state index < -0.39 is 0 Å². The van der Waals surface area contributed by atoms with Gasteiger partial charge in [-0.05, 0) is 38.1 Å². The predicted octanol–water partition coefficient (Wildman–Crippen LogP) is 4.88. The number of nitrogens with zero attached hydrogens (tertiary/aromatic N) is 8. The maximum Gasteiger partial charge on any atom is 0.184 e. The van der Waals surface area contributed by atoms with Crippen molar-refractivity contribution < 1.29 is 0 Å². The quantitative estimate of drug-likeness (QED) is 0.401. The van der Waals surface area contributed by atoms with Crippen LogP contribution in [0.4, 0.5) is 34.6 Å². The van der Waals surface area contributed by atoms with Gasteiger partial charge in [-0.3, -0.25) is 9.80 Å². The van der Waals surface area contributed by atoms with Crippen molar-refractivity contribution in [2.24, 2.45) is 0 Å². The molecule has 0 bridgehead atoms. The number of hydrogen-bond donors (Lipinski definition) is 0. The molecule has 2 aromatic heterocycles. The average Bonchev–Trinajstić information content (AvgIpc) is 2.83. The van der Waals surface area contributed by atoms with Gasteiger partial charge in [0.05, 0.1) is 11.4 Å². The van der Waals surface area contributed by atoms with Crippen molar-refractivity contribution in [2.45, 2.75) is 13.8 Å². The van der Waals surface area contributed by atoms with E-state index in [1.807, 2.05) is 96.4 Å². The van der Waals surface area contributed by atoms with Gasteiger partial charge in [-0.1, -0.05) is 36.4 Å². The van der Waals surface area contributed by atoms with Crippen molar-refractivity contribution in [1.82, 2.24) is 19.9 Å². The summed E-state index contributed by atoms with van der Waals surface area (Å²) in [6.07, 6.45) is 0. The summed E-state index contributed by atoms with van der Waals surface area (Å²) < 4.78 is 0. The summed E-state index contributed by atoms with van der Waals surface area (Å²) in [5.41, 5.74) is 3.07. The van der Waals surface area contributed by atoms with Gasteiger partial charge in [0.1, 0.15) is 12.1 Å². The van der Waals surface area contributed by atoms with E-state index in [-0.39, 0.29) is 11.4 Å². The lowest BCUT2D eigenvalue weighted by Gasteiger charge is -2.37. The fraction of sp³-hybridized carbons (Fsp3) is 0.0833. The molecule has 0 saturated heterocycles. The van der Waals surface area contributed by atoms with Gasteiger partial charge < -0.3 is 0 Å². The van der Waals surface area contributed by atoms with Crippen LogP contribution in [-0.2, 0) is 0 Å². The summed E-state index contributed by atoms with van der Waals surface area (Å²) in [6.45, 7) is 3.80. The Morgan fingerprint density at radius 2 is 0.906 bits per heavy atom. The van der Waals surface area contributed by atoms with Crippen molar-refractivity contribution in [3.63, 3.8) is 0 Å². The van der Waals surface area contributed by atoms with E-state index in [1.54, 1.807) is 0 Å². The third-order valence-corrected chi connectivity index (χ3v) is 5.22. The van der Waals surface area contributed by atoms with Crippen LogP contribution in [0.3, 0.4) is 0 Å². The molecule has 0 atom stereocenters. The first-order valence-corrected chi connectivity index (χ1v) is 9.90. The van der Waals surface area contributed by atoms with E-state index in [4.69, 9.17) is 9.97 Å². The first-order chi connectivity index (χ1) is 15.6. The van der Waals surface area contributed by atoms with Gasteiger partial charge in [-0.25, -0.2) is 19.9 Å². The monoisotopic (exact) mass is 416 g/mol. The molecule has 5 rings (SSSR count). The Morgan fingerprint density at radius 3 is 1.25 bits per heavy atom. The highest BCUT2D eigenvalue weighted by molar-refractivity contribution is 5.96. The number of benzene rings is 2. The van der Waals surface area contributed by atoms with Gasteiger partial charge in [0.2, 0.25) is 0 Å². The minimum Gasteiger partial charge on any atom is -0.273 e. The molecular formula is C24H16N8. The van der Waals surface area contributed by atoms with Crippen LogP contribution in [0.2, 0.25) is 0 Å². The van der Waals surface area contributed by atoms with E-state index in [0.29, 0.717) is 23.3 Å². The number of hydrogen-bond acceptors (Lipinski definition) is 8. The van der Waals surface area contributed by atoms with Gasteiger partial charge >= 0.3 is 0 Å². The van der Waals surface area contributed by atoms with E-state index in [9.17, 15) is 10.5 Å². The second-order valence-electron chi connectivity index (χ2n) is 7.18. The second kappa shape index (κ2) is 7.46. The molecular weight excluding hydrogens is 400 g/mol. The molecule has 152 valence electrons. The lowest BCUT2D eigenvalue weighted by atomic mass is 10.2. The average molecular weight is 416 g/mol. The van der Waals surface area contributed by atoms with Crippen LogP contribution in [-0.4, -0.2) is 19.9 Å². The van der Waals surface area contributed by atoms with Gasteiger partial charge in [-0.15, -0.1) is 0 Å². The number of nitriles is 2. The number of para-hydroxylation sites is 2. The molecule has 8 nitrogen and oxygen atoms in total. The molecule has 8 heteroatoms. The van der Waals surface area contributed by atoms with Gasteiger partial charge in [0.15, 0.2) is 34.7 Å². The van der Waals surface area contributed by atoms with Gasteiger partial charge in [0.25, 0.3) is 0 Å². The Bertz CT molecular complexity index is 1310. The molecule has 0 radical (unpaired) electrons. The topological polar surface area (TPSA) is 106 Å². The van der Waals surface area contributed by atoms with E-state index in [1.165, 1.54) is 0 Å². The van der Waals surface area contributed by atoms with Crippen LogP contribution >= 0.6 is 0 Å². The Morgan fingerprint density at radius 1 is 0.562 bits per heavy atom. The number of aryl methyl sites for hydroxylation is 2. The molecule has 0 aliphatic carbocycles. The van der Waals surface area contributed by atoms with Crippen LogP contribution in [0.25, 0.3) is 0 Å².